The first-order chi connectivity index (χ1) is 11.7. The van der Waals surface area contributed by atoms with Gasteiger partial charge in [-0.3, -0.25) is 4.79 Å². The van der Waals surface area contributed by atoms with Gasteiger partial charge in [0.05, 0.1) is 12.0 Å². The van der Waals surface area contributed by atoms with Crippen LogP contribution >= 0.6 is 0 Å². The summed E-state index contributed by atoms with van der Waals surface area (Å²) in [5.74, 6) is 1.20. The van der Waals surface area contributed by atoms with E-state index in [4.69, 9.17) is 10.3 Å². The Labute approximate surface area is 148 Å². The fourth-order valence-corrected chi connectivity index (χ4v) is 2.88. The quantitative estimate of drug-likeness (QED) is 0.869. The number of rotatable bonds is 5. The van der Waals surface area contributed by atoms with E-state index in [9.17, 15) is 4.79 Å². The molecule has 1 saturated carbocycles. The Bertz CT molecular complexity index is 740. The van der Waals surface area contributed by atoms with Crippen LogP contribution in [0.2, 0.25) is 0 Å². The highest BCUT2D eigenvalue weighted by Crippen LogP contribution is 2.36. The third kappa shape index (κ3) is 4.45. The van der Waals surface area contributed by atoms with Crippen molar-refractivity contribution < 1.29 is 9.32 Å². The van der Waals surface area contributed by atoms with Crippen LogP contribution in [0.25, 0.3) is 0 Å². The van der Waals surface area contributed by atoms with Gasteiger partial charge in [0.15, 0.2) is 5.82 Å². The molecular formula is C19H26N4O2. The number of carbonyl (C=O) groups excluding carboxylic acids is 1. The third-order valence-corrected chi connectivity index (χ3v) is 4.44. The number of benzene rings is 1. The summed E-state index contributed by atoms with van der Waals surface area (Å²) in [5.41, 5.74) is 7.62. The minimum Gasteiger partial charge on any atom is -0.339 e. The molecule has 1 aromatic carbocycles. The van der Waals surface area contributed by atoms with Gasteiger partial charge >= 0.3 is 0 Å². The Balaban J connectivity index is 1.58. The van der Waals surface area contributed by atoms with Gasteiger partial charge in [0, 0.05) is 12.1 Å². The molecule has 3 N–H and O–H groups in total. The maximum atomic E-state index is 12.0. The zero-order valence-electron chi connectivity index (χ0n) is 15.1. The molecule has 1 aromatic heterocycles. The van der Waals surface area contributed by atoms with Crippen molar-refractivity contribution in [2.75, 3.05) is 5.32 Å². The van der Waals surface area contributed by atoms with Crippen molar-refractivity contribution in [2.45, 2.75) is 58.4 Å². The second kappa shape index (κ2) is 6.59. The number of aromatic nitrogens is 2. The topological polar surface area (TPSA) is 94.0 Å². The summed E-state index contributed by atoms with van der Waals surface area (Å²) >= 11 is 0. The van der Waals surface area contributed by atoms with Gasteiger partial charge in [-0.15, -0.1) is 0 Å². The van der Waals surface area contributed by atoms with Crippen LogP contribution in [0.3, 0.4) is 0 Å². The zero-order valence-corrected chi connectivity index (χ0v) is 15.1. The molecule has 25 heavy (non-hydrogen) atoms. The van der Waals surface area contributed by atoms with E-state index in [-0.39, 0.29) is 11.3 Å². The minimum atomic E-state index is -0.400. The number of anilines is 1. The van der Waals surface area contributed by atoms with Gasteiger partial charge in [0.25, 0.3) is 0 Å². The highest BCUT2D eigenvalue weighted by atomic mass is 16.5. The molecular weight excluding hydrogens is 316 g/mol. The van der Waals surface area contributed by atoms with Crippen LogP contribution in [-0.4, -0.2) is 16.0 Å². The van der Waals surface area contributed by atoms with E-state index in [2.05, 4.69) is 15.5 Å². The molecule has 1 aliphatic carbocycles. The average molecular weight is 342 g/mol. The molecule has 0 atom stereocenters. The maximum Gasteiger partial charge on any atom is 0.231 e. The summed E-state index contributed by atoms with van der Waals surface area (Å²) in [5, 5.41) is 6.95. The van der Waals surface area contributed by atoms with Crippen LogP contribution in [0, 0.1) is 5.41 Å². The van der Waals surface area contributed by atoms with E-state index in [1.54, 1.807) is 0 Å². The summed E-state index contributed by atoms with van der Waals surface area (Å²) < 4.78 is 5.33. The van der Waals surface area contributed by atoms with Crippen LogP contribution in [-0.2, 0) is 16.8 Å². The number of amides is 1. The van der Waals surface area contributed by atoms with Crippen molar-refractivity contribution in [1.82, 2.24) is 10.1 Å². The normalized spacial score (nSPS) is 16.3. The lowest BCUT2D eigenvalue weighted by molar-refractivity contribution is -0.117. The van der Waals surface area contributed by atoms with Gasteiger partial charge in [-0.05, 0) is 42.4 Å². The fourth-order valence-electron chi connectivity index (χ4n) is 2.88. The van der Waals surface area contributed by atoms with E-state index in [0.29, 0.717) is 24.6 Å². The number of carbonyl (C=O) groups is 1. The summed E-state index contributed by atoms with van der Waals surface area (Å²) in [4.78, 5) is 16.4. The van der Waals surface area contributed by atoms with Gasteiger partial charge in [0.2, 0.25) is 11.8 Å². The number of nitrogens with one attached hydrogen (secondary N) is 1. The number of nitrogens with two attached hydrogens (primary N) is 1. The molecule has 6 nitrogen and oxygen atoms in total. The van der Waals surface area contributed by atoms with E-state index in [1.807, 2.05) is 45.0 Å². The largest absolute Gasteiger partial charge is 0.339 e. The van der Waals surface area contributed by atoms with E-state index < -0.39 is 5.54 Å². The Kier molecular flexibility index (Phi) is 4.64. The van der Waals surface area contributed by atoms with E-state index in [1.165, 1.54) is 0 Å². The molecule has 0 bridgehead atoms. The van der Waals surface area contributed by atoms with Gasteiger partial charge in [0.1, 0.15) is 0 Å². The SMILES string of the molecule is CC(C)(C)CC(=O)Nc1ccc(Cc2nc(C3(N)CCC3)no2)cc1. The van der Waals surface area contributed by atoms with Gasteiger partial charge in [-0.25, -0.2) is 0 Å². The number of hydrogen-bond donors (Lipinski definition) is 2. The summed E-state index contributed by atoms with van der Waals surface area (Å²) in [6.45, 7) is 6.14. The van der Waals surface area contributed by atoms with Crippen molar-refractivity contribution >= 4 is 11.6 Å². The Morgan fingerprint density at radius 1 is 1.28 bits per heavy atom. The van der Waals surface area contributed by atoms with Crippen molar-refractivity contribution in [3.8, 4) is 0 Å². The van der Waals surface area contributed by atoms with E-state index in [0.717, 1.165) is 30.5 Å². The highest BCUT2D eigenvalue weighted by Gasteiger charge is 2.38. The first-order valence-electron chi connectivity index (χ1n) is 8.74. The monoisotopic (exact) mass is 342 g/mol. The summed E-state index contributed by atoms with van der Waals surface area (Å²) in [6.07, 6.45) is 3.98. The lowest BCUT2D eigenvalue weighted by Gasteiger charge is -2.34. The molecule has 1 amide bonds. The van der Waals surface area contributed by atoms with Crippen molar-refractivity contribution in [2.24, 2.45) is 11.1 Å². The third-order valence-electron chi connectivity index (χ3n) is 4.44. The summed E-state index contributed by atoms with van der Waals surface area (Å²) in [6, 6.07) is 7.70. The molecule has 3 rings (SSSR count). The molecule has 2 aromatic rings. The van der Waals surface area contributed by atoms with Crippen LogP contribution in [0.15, 0.2) is 28.8 Å². The van der Waals surface area contributed by atoms with Gasteiger partial charge in [-0.2, -0.15) is 4.98 Å². The highest BCUT2D eigenvalue weighted by molar-refractivity contribution is 5.91. The van der Waals surface area contributed by atoms with Crippen molar-refractivity contribution in [3.63, 3.8) is 0 Å². The van der Waals surface area contributed by atoms with Gasteiger partial charge in [-0.1, -0.05) is 38.1 Å². The van der Waals surface area contributed by atoms with Crippen molar-refractivity contribution in [1.29, 1.82) is 0 Å². The lowest BCUT2D eigenvalue weighted by atomic mass is 9.77. The molecule has 1 fully saturated rings. The van der Waals surface area contributed by atoms with Gasteiger partial charge < -0.3 is 15.6 Å². The van der Waals surface area contributed by atoms with Crippen LogP contribution in [0.1, 0.15) is 63.7 Å². The molecule has 1 aliphatic rings. The van der Waals surface area contributed by atoms with Crippen molar-refractivity contribution in [3.05, 3.63) is 41.5 Å². The second-order valence-electron chi connectivity index (χ2n) is 8.18. The van der Waals surface area contributed by atoms with E-state index >= 15 is 0 Å². The maximum absolute atomic E-state index is 12.0. The molecule has 0 saturated heterocycles. The molecule has 1 heterocycles. The average Bonchev–Trinajstić information content (AvgIpc) is 2.93. The van der Waals surface area contributed by atoms with Crippen LogP contribution in [0.4, 0.5) is 5.69 Å². The molecule has 0 radical (unpaired) electrons. The predicted molar refractivity (Wildman–Crippen MR) is 96.0 cm³/mol. The molecule has 0 spiro atoms. The smallest absolute Gasteiger partial charge is 0.231 e. The Morgan fingerprint density at radius 3 is 2.52 bits per heavy atom. The lowest BCUT2D eigenvalue weighted by Crippen LogP contribution is -2.44. The Hall–Kier alpha value is -2.21. The number of hydrogen-bond acceptors (Lipinski definition) is 5. The standard InChI is InChI=1S/C19H26N4O2/c1-18(2,3)12-15(24)21-14-7-5-13(6-8-14)11-16-22-17(23-25-16)19(20)9-4-10-19/h5-8H,4,9-12,20H2,1-3H3,(H,21,24). The Morgan fingerprint density at radius 2 is 1.96 bits per heavy atom. The van der Waals surface area contributed by atoms with Crippen LogP contribution in [0.5, 0.6) is 0 Å². The predicted octanol–water partition coefficient (Wildman–Crippen LogP) is 3.37. The zero-order chi connectivity index (χ0) is 18.1. The molecule has 6 heteroatoms. The first kappa shape index (κ1) is 17.6. The first-order valence-corrected chi connectivity index (χ1v) is 8.74. The second-order valence-corrected chi connectivity index (χ2v) is 8.18. The molecule has 0 unspecified atom stereocenters. The number of nitrogens with zero attached hydrogens (tertiary/aromatic N) is 2. The molecule has 134 valence electrons. The fraction of sp³-hybridized carbons (Fsp3) is 0.526. The summed E-state index contributed by atoms with van der Waals surface area (Å²) in [7, 11) is 0. The van der Waals surface area contributed by atoms with Crippen LogP contribution < -0.4 is 11.1 Å². The molecule has 0 aliphatic heterocycles. The minimum absolute atomic E-state index is 0.0236.